The molecule has 2 N–H and O–H groups in total. The fourth-order valence-electron chi connectivity index (χ4n) is 1.66. The van der Waals surface area contributed by atoms with Gasteiger partial charge in [0.05, 0.1) is 5.69 Å². The monoisotopic (exact) mass is 288 g/mol. The molecule has 8 heteroatoms. The Kier molecular flexibility index (Phi) is 3.81. The fourth-order valence-corrected chi connectivity index (χ4v) is 2.11. The van der Waals surface area contributed by atoms with Crippen LogP contribution in [0.2, 0.25) is 0 Å². The highest BCUT2D eigenvalue weighted by Gasteiger charge is 2.39. The first-order valence-electron chi connectivity index (χ1n) is 5.33. The number of hydrogen-bond donors (Lipinski definition) is 1. The number of nitrogens with two attached hydrogens (primary N) is 1. The van der Waals surface area contributed by atoms with Crippen molar-refractivity contribution in [3.05, 3.63) is 35.7 Å². The highest BCUT2D eigenvalue weighted by atomic mass is 32.2. The van der Waals surface area contributed by atoms with Crippen molar-refractivity contribution in [2.75, 3.05) is 6.26 Å². The summed E-state index contributed by atoms with van der Waals surface area (Å²) in [6, 6.07) is 6.64. The van der Waals surface area contributed by atoms with Crippen molar-refractivity contribution in [1.82, 2.24) is 15.0 Å². The van der Waals surface area contributed by atoms with E-state index in [2.05, 4.69) is 10.3 Å². The van der Waals surface area contributed by atoms with E-state index in [1.54, 1.807) is 18.2 Å². The van der Waals surface area contributed by atoms with E-state index in [-0.39, 0.29) is 12.2 Å². The van der Waals surface area contributed by atoms with Gasteiger partial charge in [0.15, 0.2) is 5.69 Å². The predicted octanol–water partition coefficient (Wildman–Crippen LogP) is 2.47. The normalized spacial score (nSPS) is 11.8. The molecule has 19 heavy (non-hydrogen) atoms. The van der Waals surface area contributed by atoms with Gasteiger partial charge in [-0.1, -0.05) is 11.3 Å². The van der Waals surface area contributed by atoms with Gasteiger partial charge in [0.2, 0.25) is 0 Å². The van der Waals surface area contributed by atoms with E-state index in [1.807, 2.05) is 12.3 Å². The first kappa shape index (κ1) is 13.9. The van der Waals surface area contributed by atoms with Crippen molar-refractivity contribution < 1.29 is 13.2 Å². The largest absolute Gasteiger partial charge is 0.435 e. The third-order valence-corrected chi connectivity index (χ3v) is 3.23. The second-order valence-corrected chi connectivity index (χ2v) is 4.58. The second kappa shape index (κ2) is 5.22. The van der Waals surface area contributed by atoms with Crippen LogP contribution in [-0.2, 0) is 12.7 Å². The van der Waals surface area contributed by atoms with Crippen molar-refractivity contribution in [3.8, 4) is 5.69 Å². The molecule has 0 aliphatic carbocycles. The van der Waals surface area contributed by atoms with E-state index in [0.29, 0.717) is 5.69 Å². The summed E-state index contributed by atoms with van der Waals surface area (Å²) >= 11 is 1.44. The van der Waals surface area contributed by atoms with Crippen molar-refractivity contribution in [2.24, 2.45) is 5.73 Å². The Morgan fingerprint density at radius 2 is 2.11 bits per heavy atom. The highest BCUT2D eigenvalue weighted by Crippen LogP contribution is 2.33. The molecule has 0 spiro atoms. The van der Waals surface area contributed by atoms with Gasteiger partial charge < -0.3 is 5.73 Å². The van der Waals surface area contributed by atoms with Crippen LogP contribution in [0.1, 0.15) is 11.4 Å². The summed E-state index contributed by atoms with van der Waals surface area (Å²) in [6.45, 7) is -0.308. The molecule has 102 valence electrons. The molecule has 0 amide bonds. The molecule has 0 aliphatic rings. The molecule has 0 radical (unpaired) electrons. The van der Waals surface area contributed by atoms with Crippen LogP contribution < -0.4 is 5.73 Å². The number of nitrogens with zero attached hydrogens (tertiary/aromatic N) is 3. The standard InChI is InChI=1S/C11H11F3N4S/c1-19-8-4-2-3-7(5-8)18-10(11(12,13)14)9(6-15)16-17-18/h2-5H,6,15H2,1H3. The highest BCUT2D eigenvalue weighted by molar-refractivity contribution is 7.98. The molecule has 4 nitrogen and oxygen atoms in total. The number of thioether (sulfide) groups is 1. The smallest absolute Gasteiger partial charge is 0.325 e. The van der Waals surface area contributed by atoms with Crippen LogP contribution in [0.25, 0.3) is 5.69 Å². The van der Waals surface area contributed by atoms with E-state index in [4.69, 9.17) is 5.73 Å². The van der Waals surface area contributed by atoms with Gasteiger partial charge in [0.1, 0.15) is 5.69 Å². The van der Waals surface area contributed by atoms with Crippen LogP contribution in [0.3, 0.4) is 0 Å². The van der Waals surface area contributed by atoms with E-state index in [0.717, 1.165) is 9.58 Å². The van der Waals surface area contributed by atoms with Gasteiger partial charge in [-0.15, -0.1) is 16.9 Å². The summed E-state index contributed by atoms with van der Waals surface area (Å²) < 4.78 is 39.9. The first-order chi connectivity index (χ1) is 8.97. The van der Waals surface area contributed by atoms with E-state index < -0.39 is 11.9 Å². The second-order valence-electron chi connectivity index (χ2n) is 3.70. The molecule has 0 bridgehead atoms. The molecular weight excluding hydrogens is 277 g/mol. The van der Waals surface area contributed by atoms with E-state index >= 15 is 0 Å². The van der Waals surface area contributed by atoms with Crippen LogP contribution in [0.5, 0.6) is 0 Å². The maximum Gasteiger partial charge on any atom is 0.435 e. The van der Waals surface area contributed by atoms with Gasteiger partial charge in [0.25, 0.3) is 0 Å². The number of aromatic nitrogens is 3. The van der Waals surface area contributed by atoms with Gasteiger partial charge >= 0.3 is 6.18 Å². The van der Waals surface area contributed by atoms with Gasteiger partial charge in [-0.05, 0) is 24.5 Å². The maximum atomic E-state index is 13.0. The zero-order chi connectivity index (χ0) is 14.0. The summed E-state index contributed by atoms with van der Waals surface area (Å²) in [6.07, 6.45) is -2.70. The lowest BCUT2D eigenvalue weighted by Gasteiger charge is -2.11. The molecule has 2 aromatic rings. The molecule has 0 atom stereocenters. The molecule has 1 heterocycles. The Hall–Kier alpha value is -1.54. The minimum Gasteiger partial charge on any atom is -0.325 e. The number of alkyl halides is 3. The van der Waals surface area contributed by atoms with Crippen molar-refractivity contribution in [1.29, 1.82) is 0 Å². The predicted molar refractivity (Wildman–Crippen MR) is 66.0 cm³/mol. The van der Waals surface area contributed by atoms with Crippen molar-refractivity contribution in [3.63, 3.8) is 0 Å². The average Bonchev–Trinajstić information content (AvgIpc) is 2.82. The molecule has 0 saturated heterocycles. The van der Waals surface area contributed by atoms with E-state index in [1.165, 1.54) is 11.8 Å². The van der Waals surface area contributed by atoms with Crippen LogP contribution in [0.15, 0.2) is 29.2 Å². The van der Waals surface area contributed by atoms with Crippen LogP contribution in [0.4, 0.5) is 13.2 Å². The van der Waals surface area contributed by atoms with Crippen LogP contribution in [0, 0.1) is 0 Å². The Balaban J connectivity index is 2.59. The topological polar surface area (TPSA) is 56.7 Å². The number of rotatable bonds is 3. The lowest BCUT2D eigenvalue weighted by atomic mass is 10.2. The summed E-state index contributed by atoms with van der Waals surface area (Å²) in [4.78, 5) is 0.843. The van der Waals surface area contributed by atoms with E-state index in [9.17, 15) is 13.2 Å². The summed E-state index contributed by atoms with van der Waals surface area (Å²) in [5, 5.41) is 7.05. The summed E-state index contributed by atoms with van der Waals surface area (Å²) in [7, 11) is 0. The Bertz CT molecular complexity index is 580. The molecular formula is C11H11F3N4S. The number of hydrogen-bond acceptors (Lipinski definition) is 4. The average molecular weight is 288 g/mol. The number of halogens is 3. The molecule has 0 aliphatic heterocycles. The SMILES string of the molecule is CSc1cccc(-n2nnc(CN)c2C(F)(F)F)c1. The lowest BCUT2D eigenvalue weighted by Crippen LogP contribution is -2.16. The van der Waals surface area contributed by atoms with Crippen LogP contribution >= 0.6 is 11.8 Å². The Labute approximate surface area is 111 Å². The van der Waals surface area contributed by atoms with Crippen LogP contribution in [-0.4, -0.2) is 21.2 Å². The summed E-state index contributed by atoms with van der Waals surface area (Å²) in [5.74, 6) is 0. The summed E-state index contributed by atoms with van der Waals surface area (Å²) in [5.41, 5.74) is 4.40. The quantitative estimate of drug-likeness (QED) is 0.882. The van der Waals surface area contributed by atoms with Gasteiger partial charge in [-0.3, -0.25) is 0 Å². The lowest BCUT2D eigenvalue weighted by molar-refractivity contribution is -0.143. The third kappa shape index (κ3) is 2.74. The van der Waals surface area contributed by atoms with Crippen molar-refractivity contribution in [2.45, 2.75) is 17.6 Å². The first-order valence-corrected chi connectivity index (χ1v) is 6.56. The number of benzene rings is 1. The van der Waals surface area contributed by atoms with Gasteiger partial charge in [0, 0.05) is 11.4 Å². The van der Waals surface area contributed by atoms with Crippen molar-refractivity contribution >= 4 is 11.8 Å². The minimum absolute atomic E-state index is 0.262. The zero-order valence-electron chi connectivity index (χ0n) is 9.98. The van der Waals surface area contributed by atoms with Gasteiger partial charge in [-0.25, -0.2) is 4.68 Å². The zero-order valence-corrected chi connectivity index (χ0v) is 10.8. The molecule has 2 rings (SSSR count). The molecule has 0 saturated carbocycles. The van der Waals surface area contributed by atoms with Gasteiger partial charge in [-0.2, -0.15) is 13.2 Å². The Morgan fingerprint density at radius 3 is 2.68 bits per heavy atom. The fraction of sp³-hybridized carbons (Fsp3) is 0.273. The Morgan fingerprint density at radius 1 is 1.37 bits per heavy atom. The molecule has 1 aromatic carbocycles. The molecule has 1 aromatic heterocycles. The third-order valence-electron chi connectivity index (χ3n) is 2.50. The molecule has 0 fully saturated rings. The molecule has 0 unspecified atom stereocenters. The maximum absolute atomic E-state index is 13.0. The minimum atomic E-state index is -4.55.